The van der Waals surface area contributed by atoms with Gasteiger partial charge in [0.2, 0.25) is 0 Å². The third kappa shape index (κ3) is 7.75. The molecular weight excluding hydrogens is 539 g/mol. The predicted octanol–water partition coefficient (Wildman–Crippen LogP) is 6.59. The molecule has 0 aliphatic heterocycles. The van der Waals surface area contributed by atoms with Crippen molar-refractivity contribution in [2.45, 2.75) is 59.1 Å². The SMILES string of the molecule is COc1ccc(Cn2nc(Cc3c(Cl)cc(N(CC#N)C(=O)OC(C)(C)C)cc3Cl)cc(C(C)C)c2=O)cc1. The van der Waals surface area contributed by atoms with Crippen LogP contribution in [0.5, 0.6) is 5.75 Å². The van der Waals surface area contributed by atoms with E-state index in [4.69, 9.17) is 32.7 Å². The molecule has 0 saturated heterocycles. The average molecular weight is 572 g/mol. The number of aromatic nitrogens is 2. The summed E-state index contributed by atoms with van der Waals surface area (Å²) in [6, 6.07) is 14.3. The van der Waals surface area contributed by atoms with Gasteiger partial charge in [-0.25, -0.2) is 9.48 Å². The second-order valence-electron chi connectivity index (χ2n) is 10.3. The molecule has 0 unspecified atom stereocenters. The van der Waals surface area contributed by atoms with Crippen LogP contribution in [0.1, 0.15) is 62.9 Å². The number of halogens is 2. The normalized spacial score (nSPS) is 11.3. The highest BCUT2D eigenvalue weighted by Gasteiger charge is 2.25. The van der Waals surface area contributed by atoms with E-state index in [2.05, 4.69) is 5.10 Å². The minimum absolute atomic E-state index is 0.0249. The van der Waals surface area contributed by atoms with E-state index in [9.17, 15) is 14.9 Å². The highest BCUT2D eigenvalue weighted by atomic mass is 35.5. The lowest BCUT2D eigenvalue weighted by atomic mass is 10.0. The first-order valence-corrected chi connectivity index (χ1v) is 13.2. The Bertz CT molecular complexity index is 1410. The Kier molecular flexibility index (Phi) is 9.65. The van der Waals surface area contributed by atoms with Crippen LogP contribution >= 0.6 is 23.2 Å². The van der Waals surface area contributed by atoms with Gasteiger partial charge < -0.3 is 9.47 Å². The van der Waals surface area contributed by atoms with Crippen LogP contribution in [-0.4, -0.2) is 35.1 Å². The van der Waals surface area contributed by atoms with Crippen molar-refractivity contribution in [3.63, 3.8) is 0 Å². The number of carbonyl (C=O) groups excluding carboxylic acids is 1. The van der Waals surface area contributed by atoms with Gasteiger partial charge in [-0.1, -0.05) is 49.2 Å². The van der Waals surface area contributed by atoms with Gasteiger partial charge in [-0.05, 0) is 68.1 Å². The van der Waals surface area contributed by atoms with E-state index in [0.717, 1.165) is 11.3 Å². The standard InChI is InChI=1S/C29H32Cl2N4O4/c1-18(2)23-13-20(33-35(27(23)36)17-19-7-9-22(38-6)10-8-19)14-24-25(30)15-21(16-26(24)31)34(12-11-32)28(37)39-29(3,4)5/h7-10,13,15-16,18H,12,14,17H2,1-6H3. The molecule has 0 aliphatic rings. The number of amides is 1. The number of hydrogen-bond acceptors (Lipinski definition) is 6. The molecule has 0 radical (unpaired) electrons. The van der Waals surface area contributed by atoms with Gasteiger partial charge in [0.05, 0.1) is 31.1 Å². The van der Waals surface area contributed by atoms with Crippen molar-refractivity contribution in [1.82, 2.24) is 9.78 Å². The van der Waals surface area contributed by atoms with E-state index in [1.165, 1.54) is 9.58 Å². The van der Waals surface area contributed by atoms with Gasteiger partial charge in [0.25, 0.3) is 5.56 Å². The van der Waals surface area contributed by atoms with E-state index in [1.807, 2.05) is 44.2 Å². The van der Waals surface area contributed by atoms with Crippen LogP contribution in [0.25, 0.3) is 0 Å². The van der Waals surface area contributed by atoms with Gasteiger partial charge in [0.15, 0.2) is 0 Å². The maximum Gasteiger partial charge on any atom is 0.415 e. The molecule has 0 fully saturated rings. The lowest BCUT2D eigenvalue weighted by Gasteiger charge is -2.26. The molecule has 1 aromatic heterocycles. The summed E-state index contributed by atoms with van der Waals surface area (Å²) < 4.78 is 12.1. The number of methoxy groups -OCH3 is 1. The summed E-state index contributed by atoms with van der Waals surface area (Å²) in [6.45, 7) is 9.17. The van der Waals surface area contributed by atoms with E-state index >= 15 is 0 Å². The molecule has 0 aliphatic carbocycles. The monoisotopic (exact) mass is 570 g/mol. The average Bonchev–Trinajstić information content (AvgIpc) is 2.85. The zero-order valence-corrected chi connectivity index (χ0v) is 24.4. The summed E-state index contributed by atoms with van der Waals surface area (Å²) in [7, 11) is 1.60. The molecule has 0 N–H and O–H groups in total. The molecule has 206 valence electrons. The van der Waals surface area contributed by atoms with Crippen LogP contribution in [0.3, 0.4) is 0 Å². The van der Waals surface area contributed by atoms with Gasteiger partial charge >= 0.3 is 6.09 Å². The molecule has 2 aromatic carbocycles. The molecule has 1 amide bonds. The minimum atomic E-state index is -0.743. The Morgan fingerprint density at radius 3 is 2.26 bits per heavy atom. The lowest BCUT2D eigenvalue weighted by Crippen LogP contribution is -2.37. The zero-order valence-electron chi connectivity index (χ0n) is 22.9. The van der Waals surface area contributed by atoms with Crippen molar-refractivity contribution in [1.29, 1.82) is 5.26 Å². The molecule has 8 nitrogen and oxygen atoms in total. The maximum absolute atomic E-state index is 13.2. The molecule has 39 heavy (non-hydrogen) atoms. The van der Waals surface area contributed by atoms with Crippen LogP contribution in [0.2, 0.25) is 10.0 Å². The van der Waals surface area contributed by atoms with Crippen molar-refractivity contribution in [3.05, 3.63) is 85.2 Å². The van der Waals surface area contributed by atoms with E-state index < -0.39 is 11.7 Å². The second kappa shape index (κ2) is 12.5. The number of hydrogen-bond donors (Lipinski definition) is 0. The highest BCUT2D eigenvalue weighted by Crippen LogP contribution is 2.33. The topological polar surface area (TPSA) is 97.5 Å². The second-order valence-corrected chi connectivity index (χ2v) is 11.2. The Hall–Kier alpha value is -3.54. The maximum atomic E-state index is 13.2. The number of carbonyl (C=O) groups is 1. The van der Waals surface area contributed by atoms with Crippen molar-refractivity contribution < 1.29 is 14.3 Å². The fraction of sp³-hybridized carbons (Fsp3) is 0.379. The Labute approximate surface area is 238 Å². The fourth-order valence-corrected chi connectivity index (χ4v) is 4.48. The quantitative estimate of drug-likeness (QED) is 0.283. The molecule has 0 spiro atoms. The Morgan fingerprint density at radius 2 is 1.74 bits per heavy atom. The van der Waals surface area contributed by atoms with Crippen LogP contribution in [0, 0.1) is 11.3 Å². The summed E-state index contributed by atoms with van der Waals surface area (Å²) in [5, 5.41) is 14.5. The van der Waals surface area contributed by atoms with Gasteiger partial charge in [0.1, 0.15) is 17.9 Å². The summed E-state index contributed by atoms with van der Waals surface area (Å²) in [6.07, 6.45) is -0.427. The van der Waals surface area contributed by atoms with Crippen LogP contribution in [0.15, 0.2) is 47.3 Å². The van der Waals surface area contributed by atoms with E-state index in [0.29, 0.717) is 32.6 Å². The molecule has 10 heteroatoms. The number of anilines is 1. The third-order valence-corrected chi connectivity index (χ3v) is 6.48. The zero-order chi connectivity index (χ0) is 28.9. The number of benzene rings is 2. The van der Waals surface area contributed by atoms with Crippen molar-refractivity contribution in [2.75, 3.05) is 18.6 Å². The summed E-state index contributed by atoms with van der Waals surface area (Å²) in [4.78, 5) is 27.1. The van der Waals surface area contributed by atoms with Gasteiger partial charge in [-0.15, -0.1) is 0 Å². The predicted molar refractivity (Wildman–Crippen MR) is 153 cm³/mol. The first-order valence-electron chi connectivity index (χ1n) is 12.4. The molecule has 0 bridgehead atoms. The number of rotatable bonds is 8. The molecule has 0 saturated carbocycles. The van der Waals surface area contributed by atoms with Crippen molar-refractivity contribution in [2.24, 2.45) is 0 Å². The van der Waals surface area contributed by atoms with Crippen LogP contribution in [0.4, 0.5) is 10.5 Å². The first-order chi connectivity index (χ1) is 18.3. The third-order valence-electron chi connectivity index (χ3n) is 5.80. The molecule has 3 rings (SSSR count). The minimum Gasteiger partial charge on any atom is -0.497 e. The van der Waals surface area contributed by atoms with E-state index in [1.54, 1.807) is 46.1 Å². The van der Waals surface area contributed by atoms with Crippen LogP contribution in [-0.2, 0) is 17.7 Å². The molecule has 1 heterocycles. The van der Waals surface area contributed by atoms with E-state index in [-0.39, 0.29) is 31.0 Å². The lowest BCUT2D eigenvalue weighted by molar-refractivity contribution is 0.0585. The first kappa shape index (κ1) is 30.0. The number of nitrogens with zero attached hydrogens (tertiary/aromatic N) is 4. The molecular formula is C29H32Cl2N4O4. The largest absolute Gasteiger partial charge is 0.497 e. The van der Waals surface area contributed by atoms with Crippen LogP contribution < -0.4 is 15.2 Å². The van der Waals surface area contributed by atoms with Gasteiger partial charge in [-0.2, -0.15) is 10.4 Å². The van der Waals surface area contributed by atoms with Crippen molar-refractivity contribution >= 4 is 35.0 Å². The van der Waals surface area contributed by atoms with Gasteiger partial charge in [0, 0.05) is 22.0 Å². The number of nitriles is 1. The fourth-order valence-electron chi connectivity index (χ4n) is 3.88. The smallest absolute Gasteiger partial charge is 0.415 e. The molecule has 3 aromatic rings. The highest BCUT2D eigenvalue weighted by molar-refractivity contribution is 6.36. The number of ether oxygens (including phenoxy) is 2. The van der Waals surface area contributed by atoms with Gasteiger partial charge in [-0.3, -0.25) is 9.69 Å². The molecule has 0 atom stereocenters. The summed E-state index contributed by atoms with van der Waals surface area (Å²) >= 11 is 13.3. The summed E-state index contributed by atoms with van der Waals surface area (Å²) in [5.41, 5.74) is 2.16. The summed E-state index contributed by atoms with van der Waals surface area (Å²) in [5.74, 6) is 0.700. The Morgan fingerprint density at radius 1 is 1.13 bits per heavy atom. The van der Waals surface area contributed by atoms with Crippen molar-refractivity contribution in [3.8, 4) is 11.8 Å². The Balaban J connectivity index is 1.97.